The molecule has 0 aromatic heterocycles. The molecule has 0 heterocycles. The highest BCUT2D eigenvalue weighted by molar-refractivity contribution is 7.98. The average Bonchev–Trinajstić information content (AvgIpc) is 2.23. The summed E-state index contributed by atoms with van der Waals surface area (Å²) in [4.78, 5) is 32.8. The standard InChI is InChI=1S/C10H18N2O4S/c1-7(13)11-5-3-9(14)12-8(10(15)16)4-6-17-2/h8H,3-6H2,1-2H3,(H,11,13)(H,12,14)(H,15,16)/t8-/m0/s1. The highest BCUT2D eigenvalue weighted by Crippen LogP contribution is 2.01. The fourth-order valence-electron chi connectivity index (χ4n) is 1.11. The summed E-state index contributed by atoms with van der Waals surface area (Å²) in [5.74, 6) is -0.947. The molecule has 98 valence electrons. The van der Waals surface area contributed by atoms with Crippen molar-refractivity contribution in [1.82, 2.24) is 10.6 Å². The molecule has 0 rings (SSSR count). The molecule has 6 nitrogen and oxygen atoms in total. The maximum atomic E-state index is 11.4. The molecule has 2 amide bonds. The normalized spacial score (nSPS) is 11.6. The Morgan fingerprint density at radius 3 is 2.47 bits per heavy atom. The van der Waals surface area contributed by atoms with Crippen molar-refractivity contribution in [3.63, 3.8) is 0 Å². The molecule has 0 bridgehead atoms. The van der Waals surface area contributed by atoms with Crippen molar-refractivity contribution in [2.45, 2.75) is 25.8 Å². The van der Waals surface area contributed by atoms with Crippen LogP contribution in [0.15, 0.2) is 0 Å². The Bertz CT molecular complexity index is 283. The molecule has 0 saturated carbocycles. The second kappa shape index (κ2) is 8.86. The number of rotatable bonds is 8. The first-order valence-electron chi connectivity index (χ1n) is 5.23. The minimum absolute atomic E-state index is 0.0859. The molecular formula is C10H18N2O4S. The fraction of sp³-hybridized carbons (Fsp3) is 0.700. The van der Waals surface area contributed by atoms with Crippen molar-refractivity contribution in [3.8, 4) is 0 Å². The van der Waals surface area contributed by atoms with Gasteiger partial charge in [-0.15, -0.1) is 0 Å². The lowest BCUT2D eigenvalue weighted by Crippen LogP contribution is -2.42. The molecule has 17 heavy (non-hydrogen) atoms. The summed E-state index contributed by atoms with van der Waals surface area (Å²) in [5.41, 5.74) is 0. The van der Waals surface area contributed by atoms with Crippen molar-refractivity contribution in [2.75, 3.05) is 18.6 Å². The molecular weight excluding hydrogens is 244 g/mol. The monoisotopic (exact) mass is 262 g/mol. The number of hydrogen-bond donors (Lipinski definition) is 3. The first-order chi connectivity index (χ1) is 7.97. The first kappa shape index (κ1) is 15.8. The number of aliphatic carboxylic acids is 1. The minimum Gasteiger partial charge on any atom is -0.480 e. The number of hydrogen-bond acceptors (Lipinski definition) is 4. The molecule has 0 spiro atoms. The summed E-state index contributed by atoms with van der Waals surface area (Å²) in [6.07, 6.45) is 2.35. The summed E-state index contributed by atoms with van der Waals surface area (Å²) in [6, 6.07) is -0.854. The second-order valence-electron chi connectivity index (χ2n) is 3.47. The van der Waals surface area contributed by atoms with E-state index in [1.54, 1.807) is 0 Å². The zero-order chi connectivity index (χ0) is 13.3. The van der Waals surface area contributed by atoms with Gasteiger partial charge in [-0.2, -0.15) is 11.8 Å². The molecule has 0 fully saturated rings. The van der Waals surface area contributed by atoms with Crippen molar-refractivity contribution in [1.29, 1.82) is 0 Å². The van der Waals surface area contributed by atoms with Crippen LogP contribution in [0.3, 0.4) is 0 Å². The lowest BCUT2D eigenvalue weighted by atomic mass is 10.2. The van der Waals surface area contributed by atoms with E-state index in [1.807, 2.05) is 6.26 Å². The molecule has 0 unspecified atom stereocenters. The largest absolute Gasteiger partial charge is 0.480 e. The molecule has 3 N–H and O–H groups in total. The van der Waals surface area contributed by atoms with E-state index in [1.165, 1.54) is 18.7 Å². The maximum absolute atomic E-state index is 11.4. The number of carbonyl (C=O) groups excluding carboxylic acids is 2. The summed E-state index contributed by atoms with van der Waals surface area (Å²) in [6.45, 7) is 1.58. The number of carboxylic acid groups (broad SMARTS) is 1. The van der Waals surface area contributed by atoms with E-state index in [4.69, 9.17) is 5.11 Å². The van der Waals surface area contributed by atoms with Crippen LogP contribution >= 0.6 is 11.8 Å². The Morgan fingerprint density at radius 1 is 1.35 bits per heavy atom. The van der Waals surface area contributed by atoms with Gasteiger partial charge in [-0.1, -0.05) is 0 Å². The lowest BCUT2D eigenvalue weighted by Gasteiger charge is -2.13. The van der Waals surface area contributed by atoms with Crippen LogP contribution in [-0.4, -0.2) is 47.5 Å². The van der Waals surface area contributed by atoms with Crippen LogP contribution in [0, 0.1) is 0 Å². The van der Waals surface area contributed by atoms with Crippen molar-refractivity contribution >= 4 is 29.5 Å². The van der Waals surface area contributed by atoms with Crippen LogP contribution < -0.4 is 10.6 Å². The van der Waals surface area contributed by atoms with Crippen LogP contribution in [-0.2, 0) is 14.4 Å². The molecule has 0 aliphatic heterocycles. The number of nitrogens with one attached hydrogen (secondary N) is 2. The Kier molecular flexibility index (Phi) is 8.21. The van der Waals surface area contributed by atoms with E-state index < -0.39 is 12.0 Å². The van der Waals surface area contributed by atoms with Crippen molar-refractivity contribution in [2.24, 2.45) is 0 Å². The highest BCUT2D eigenvalue weighted by atomic mass is 32.2. The van der Waals surface area contributed by atoms with Gasteiger partial charge in [-0.3, -0.25) is 9.59 Å². The van der Waals surface area contributed by atoms with E-state index in [2.05, 4.69) is 10.6 Å². The number of thioether (sulfide) groups is 1. The summed E-state index contributed by atoms with van der Waals surface area (Å²) < 4.78 is 0. The van der Waals surface area contributed by atoms with Crippen molar-refractivity contribution < 1.29 is 19.5 Å². The van der Waals surface area contributed by atoms with Crippen LogP contribution in [0.4, 0.5) is 0 Å². The Balaban J connectivity index is 3.95. The fourth-order valence-corrected chi connectivity index (χ4v) is 1.58. The third-order valence-electron chi connectivity index (χ3n) is 1.97. The summed E-state index contributed by atoms with van der Waals surface area (Å²) in [7, 11) is 0. The maximum Gasteiger partial charge on any atom is 0.326 e. The van der Waals surface area contributed by atoms with Gasteiger partial charge in [-0.25, -0.2) is 4.79 Å². The van der Waals surface area contributed by atoms with Gasteiger partial charge in [-0.05, 0) is 18.4 Å². The minimum atomic E-state index is -1.04. The SMILES string of the molecule is CSCC[C@H](NC(=O)CCNC(C)=O)C(=O)O. The van der Waals surface area contributed by atoms with E-state index in [0.29, 0.717) is 12.2 Å². The number of carboxylic acids is 1. The first-order valence-corrected chi connectivity index (χ1v) is 6.62. The van der Waals surface area contributed by atoms with Gasteiger partial charge in [0.15, 0.2) is 0 Å². The van der Waals surface area contributed by atoms with E-state index in [9.17, 15) is 14.4 Å². The van der Waals surface area contributed by atoms with E-state index >= 15 is 0 Å². The van der Waals surface area contributed by atoms with Gasteiger partial charge < -0.3 is 15.7 Å². The Labute approximate surface area is 105 Å². The van der Waals surface area contributed by atoms with Gasteiger partial charge >= 0.3 is 5.97 Å². The van der Waals surface area contributed by atoms with Gasteiger partial charge in [0.05, 0.1) is 0 Å². The summed E-state index contributed by atoms with van der Waals surface area (Å²) in [5, 5.41) is 13.8. The molecule has 0 aliphatic carbocycles. The smallest absolute Gasteiger partial charge is 0.326 e. The van der Waals surface area contributed by atoms with Gasteiger partial charge in [0.25, 0.3) is 0 Å². The number of carbonyl (C=O) groups is 3. The Morgan fingerprint density at radius 2 is 2.00 bits per heavy atom. The Hall–Kier alpha value is -1.24. The highest BCUT2D eigenvalue weighted by Gasteiger charge is 2.18. The molecule has 1 atom stereocenters. The van der Waals surface area contributed by atoms with E-state index in [-0.39, 0.29) is 24.8 Å². The zero-order valence-corrected chi connectivity index (χ0v) is 10.8. The lowest BCUT2D eigenvalue weighted by molar-refractivity contribution is -0.141. The molecule has 7 heteroatoms. The van der Waals surface area contributed by atoms with Crippen LogP contribution in [0.1, 0.15) is 19.8 Å². The van der Waals surface area contributed by atoms with Gasteiger partial charge in [0, 0.05) is 19.9 Å². The molecule has 0 radical (unpaired) electrons. The predicted molar refractivity (Wildman–Crippen MR) is 65.9 cm³/mol. The van der Waals surface area contributed by atoms with Crippen molar-refractivity contribution in [3.05, 3.63) is 0 Å². The number of amides is 2. The molecule has 0 aromatic rings. The van der Waals surface area contributed by atoms with Crippen LogP contribution in [0.5, 0.6) is 0 Å². The predicted octanol–water partition coefficient (Wildman–Crippen LogP) is -0.165. The van der Waals surface area contributed by atoms with Crippen LogP contribution in [0.2, 0.25) is 0 Å². The third-order valence-corrected chi connectivity index (χ3v) is 2.61. The molecule has 0 aromatic carbocycles. The molecule has 0 saturated heterocycles. The average molecular weight is 262 g/mol. The zero-order valence-electron chi connectivity index (χ0n) is 9.99. The topological polar surface area (TPSA) is 95.5 Å². The second-order valence-corrected chi connectivity index (χ2v) is 4.46. The van der Waals surface area contributed by atoms with Crippen LogP contribution in [0.25, 0.3) is 0 Å². The summed E-state index contributed by atoms with van der Waals surface area (Å²) >= 11 is 1.52. The third kappa shape index (κ3) is 8.56. The quantitative estimate of drug-likeness (QED) is 0.564. The van der Waals surface area contributed by atoms with Gasteiger partial charge in [0.2, 0.25) is 11.8 Å². The van der Waals surface area contributed by atoms with E-state index in [0.717, 1.165) is 0 Å². The molecule has 0 aliphatic rings. The van der Waals surface area contributed by atoms with Gasteiger partial charge in [0.1, 0.15) is 6.04 Å².